The van der Waals surface area contributed by atoms with Gasteiger partial charge >= 0.3 is 0 Å². The molecule has 1 aliphatic carbocycles. The zero-order valence-corrected chi connectivity index (χ0v) is 17.4. The van der Waals surface area contributed by atoms with Crippen molar-refractivity contribution in [1.82, 2.24) is 9.55 Å². The largest absolute Gasteiger partial charge is 0.497 e. The lowest BCUT2D eigenvalue weighted by atomic mass is 10.1. The molecular formula is C21H21N3O2S2. The first-order valence-electron chi connectivity index (χ1n) is 9.44. The van der Waals surface area contributed by atoms with Crippen molar-refractivity contribution in [3.05, 3.63) is 45.1 Å². The summed E-state index contributed by atoms with van der Waals surface area (Å²) in [7, 11) is 1.62. The van der Waals surface area contributed by atoms with Gasteiger partial charge in [-0.15, -0.1) is 11.3 Å². The van der Waals surface area contributed by atoms with Crippen molar-refractivity contribution in [1.29, 1.82) is 5.26 Å². The van der Waals surface area contributed by atoms with Crippen LogP contribution in [0.2, 0.25) is 0 Å². The highest BCUT2D eigenvalue weighted by Gasteiger charge is 2.22. The molecule has 0 unspecified atom stereocenters. The molecule has 0 amide bonds. The van der Waals surface area contributed by atoms with Gasteiger partial charge in [-0.25, -0.2) is 4.98 Å². The third kappa shape index (κ3) is 3.54. The molecule has 2 aromatic heterocycles. The molecule has 4 rings (SSSR count). The number of aromatic nitrogens is 2. The molecule has 28 heavy (non-hydrogen) atoms. The normalized spacial score (nSPS) is 13.7. The molecule has 7 heteroatoms. The second-order valence-corrected chi connectivity index (χ2v) is 8.88. The predicted molar refractivity (Wildman–Crippen MR) is 114 cm³/mol. The summed E-state index contributed by atoms with van der Waals surface area (Å²) in [5.41, 5.74) is 1.97. The van der Waals surface area contributed by atoms with E-state index < -0.39 is 0 Å². The van der Waals surface area contributed by atoms with Crippen LogP contribution in [0, 0.1) is 11.3 Å². The number of benzene rings is 1. The number of fused-ring (bicyclic) bond motifs is 3. The Hall–Kier alpha value is -2.30. The van der Waals surface area contributed by atoms with Crippen molar-refractivity contribution >= 4 is 33.3 Å². The second-order valence-electron chi connectivity index (χ2n) is 6.73. The maximum Gasteiger partial charge on any atom is 0.267 e. The van der Waals surface area contributed by atoms with E-state index in [-0.39, 0.29) is 5.56 Å². The van der Waals surface area contributed by atoms with E-state index in [0.717, 1.165) is 40.9 Å². The van der Waals surface area contributed by atoms with Gasteiger partial charge in [0.1, 0.15) is 10.6 Å². The first kappa shape index (κ1) is 19.0. The van der Waals surface area contributed by atoms with Gasteiger partial charge in [0.15, 0.2) is 5.16 Å². The third-order valence-electron chi connectivity index (χ3n) is 4.98. The molecule has 0 spiro atoms. The van der Waals surface area contributed by atoms with Gasteiger partial charge in [0, 0.05) is 17.1 Å². The van der Waals surface area contributed by atoms with Gasteiger partial charge in [-0.1, -0.05) is 18.2 Å². The van der Waals surface area contributed by atoms with Crippen molar-refractivity contribution in [3.8, 4) is 17.5 Å². The Bertz CT molecular complexity index is 1090. The molecule has 0 atom stereocenters. The number of thioether (sulfide) groups is 1. The van der Waals surface area contributed by atoms with E-state index in [1.807, 2.05) is 24.3 Å². The van der Waals surface area contributed by atoms with Gasteiger partial charge in [0.25, 0.3) is 5.56 Å². The molecule has 0 aliphatic heterocycles. The van der Waals surface area contributed by atoms with Crippen molar-refractivity contribution in [2.75, 3.05) is 12.9 Å². The first-order chi connectivity index (χ1) is 13.7. The average molecular weight is 412 g/mol. The van der Waals surface area contributed by atoms with Gasteiger partial charge in [0.05, 0.1) is 24.3 Å². The van der Waals surface area contributed by atoms with Crippen LogP contribution < -0.4 is 10.3 Å². The lowest BCUT2D eigenvalue weighted by Crippen LogP contribution is -2.22. The molecule has 1 aromatic carbocycles. The van der Waals surface area contributed by atoms with Crippen LogP contribution in [0.3, 0.4) is 0 Å². The van der Waals surface area contributed by atoms with Gasteiger partial charge in [-0.05, 0) is 55.5 Å². The topological polar surface area (TPSA) is 67.9 Å². The minimum atomic E-state index is -0.00553. The fourth-order valence-electron chi connectivity index (χ4n) is 3.61. The molecule has 5 nitrogen and oxygen atoms in total. The number of nitriles is 1. The molecule has 0 saturated carbocycles. The minimum absolute atomic E-state index is 0.00553. The van der Waals surface area contributed by atoms with Crippen LogP contribution in [-0.2, 0) is 12.8 Å². The summed E-state index contributed by atoms with van der Waals surface area (Å²) in [4.78, 5) is 20.6. The van der Waals surface area contributed by atoms with Crippen molar-refractivity contribution in [2.45, 2.75) is 43.7 Å². The SMILES string of the molecule is COc1ccc(-n2c(SCCC#N)nc3sc4c(c3c2=O)CCCCC4)cc1. The monoisotopic (exact) mass is 411 g/mol. The van der Waals surface area contributed by atoms with Crippen molar-refractivity contribution in [2.24, 2.45) is 0 Å². The number of hydrogen-bond donors (Lipinski definition) is 0. The summed E-state index contributed by atoms with van der Waals surface area (Å²) < 4.78 is 6.94. The Balaban J connectivity index is 1.91. The quantitative estimate of drug-likeness (QED) is 0.263. The molecule has 1 aliphatic rings. The molecule has 2 heterocycles. The fraction of sp³-hybridized carbons (Fsp3) is 0.381. The van der Waals surface area contributed by atoms with Crippen LogP contribution >= 0.6 is 23.1 Å². The van der Waals surface area contributed by atoms with E-state index in [0.29, 0.717) is 17.3 Å². The summed E-state index contributed by atoms with van der Waals surface area (Å²) in [6, 6.07) is 9.63. The maximum atomic E-state index is 13.6. The fourth-order valence-corrected chi connectivity index (χ4v) is 5.77. The number of thiophene rings is 1. The standard InChI is InChI=1S/C21H21N3O2S2/c1-26-15-10-8-14(9-11-15)24-20(25)18-16-6-3-2-4-7-17(16)28-19(18)23-21(24)27-13-5-12-22/h8-11H,2-7,13H2,1H3. The highest BCUT2D eigenvalue weighted by atomic mass is 32.2. The van der Waals surface area contributed by atoms with Crippen LogP contribution in [0.4, 0.5) is 0 Å². The van der Waals surface area contributed by atoms with Crippen molar-refractivity contribution in [3.63, 3.8) is 0 Å². The summed E-state index contributed by atoms with van der Waals surface area (Å²) in [6.45, 7) is 0. The van der Waals surface area contributed by atoms with Gasteiger partial charge in [-0.3, -0.25) is 9.36 Å². The number of ether oxygens (including phenoxy) is 1. The first-order valence-corrected chi connectivity index (χ1v) is 11.2. The summed E-state index contributed by atoms with van der Waals surface area (Å²) in [6.07, 6.45) is 5.92. The number of methoxy groups -OCH3 is 1. The molecule has 144 valence electrons. The van der Waals surface area contributed by atoms with Gasteiger partial charge < -0.3 is 4.74 Å². The third-order valence-corrected chi connectivity index (χ3v) is 7.11. The Kier molecular flexibility index (Phi) is 5.69. The Morgan fingerprint density at radius 1 is 1.25 bits per heavy atom. The smallest absolute Gasteiger partial charge is 0.267 e. The molecule has 3 aromatic rings. The zero-order chi connectivity index (χ0) is 19.5. The van der Waals surface area contributed by atoms with E-state index in [4.69, 9.17) is 15.0 Å². The van der Waals surface area contributed by atoms with Gasteiger partial charge in [-0.2, -0.15) is 5.26 Å². The highest BCUT2D eigenvalue weighted by molar-refractivity contribution is 7.99. The molecule has 0 N–H and O–H groups in total. The van der Waals surface area contributed by atoms with E-state index in [1.54, 1.807) is 23.0 Å². The zero-order valence-electron chi connectivity index (χ0n) is 15.7. The van der Waals surface area contributed by atoms with Gasteiger partial charge in [0.2, 0.25) is 0 Å². The van der Waals surface area contributed by atoms with Crippen LogP contribution in [-0.4, -0.2) is 22.4 Å². The van der Waals surface area contributed by atoms with Crippen LogP contribution in [0.5, 0.6) is 5.75 Å². The van der Waals surface area contributed by atoms with Crippen molar-refractivity contribution < 1.29 is 4.74 Å². The summed E-state index contributed by atoms with van der Waals surface area (Å²) in [5.74, 6) is 1.35. The molecule has 0 saturated heterocycles. The Morgan fingerprint density at radius 3 is 2.79 bits per heavy atom. The predicted octanol–water partition coefficient (Wildman–Crippen LogP) is 4.73. The molecule has 0 bridgehead atoms. The number of aryl methyl sites for hydroxylation is 2. The molecule has 0 radical (unpaired) electrons. The molecule has 0 fully saturated rings. The number of nitrogens with zero attached hydrogens (tertiary/aromatic N) is 3. The van der Waals surface area contributed by atoms with Crippen LogP contribution in [0.1, 0.15) is 36.1 Å². The minimum Gasteiger partial charge on any atom is -0.497 e. The van der Waals surface area contributed by atoms with E-state index >= 15 is 0 Å². The average Bonchev–Trinajstić information content (AvgIpc) is 2.90. The Morgan fingerprint density at radius 2 is 2.04 bits per heavy atom. The summed E-state index contributed by atoms with van der Waals surface area (Å²) >= 11 is 3.13. The van der Waals surface area contributed by atoms with E-state index in [1.165, 1.54) is 35.0 Å². The second kappa shape index (κ2) is 8.38. The summed E-state index contributed by atoms with van der Waals surface area (Å²) in [5, 5.41) is 10.3. The number of rotatable bonds is 5. The molecular weight excluding hydrogens is 390 g/mol. The van der Waals surface area contributed by atoms with E-state index in [2.05, 4.69) is 6.07 Å². The Labute approximate surface area is 172 Å². The highest BCUT2D eigenvalue weighted by Crippen LogP contribution is 2.34. The van der Waals surface area contributed by atoms with Crippen LogP contribution in [0.25, 0.3) is 15.9 Å². The van der Waals surface area contributed by atoms with Crippen LogP contribution in [0.15, 0.2) is 34.2 Å². The lowest BCUT2D eigenvalue weighted by molar-refractivity contribution is 0.414. The maximum absolute atomic E-state index is 13.6. The number of hydrogen-bond acceptors (Lipinski definition) is 6. The lowest BCUT2D eigenvalue weighted by Gasteiger charge is -2.12. The van der Waals surface area contributed by atoms with E-state index in [9.17, 15) is 4.79 Å².